The molecule has 282 valence electrons. The van der Waals surface area contributed by atoms with Gasteiger partial charge in [-0.1, -0.05) is 140 Å². The average Bonchev–Trinajstić information content (AvgIpc) is 3.63. The summed E-state index contributed by atoms with van der Waals surface area (Å²) in [6.07, 6.45) is -4.50. The molecule has 0 amide bonds. The number of hydrogen-bond acceptors (Lipinski definition) is 4. The van der Waals surface area contributed by atoms with Crippen LogP contribution in [0.15, 0.2) is 194 Å². The highest BCUT2D eigenvalue weighted by molar-refractivity contribution is 6.10. The van der Waals surface area contributed by atoms with Crippen LogP contribution >= 0.6 is 0 Å². The molecule has 8 heteroatoms. The van der Waals surface area contributed by atoms with Crippen LogP contribution in [0.2, 0.25) is 0 Å². The summed E-state index contributed by atoms with van der Waals surface area (Å²) in [6.45, 7) is 0. The predicted molar refractivity (Wildman–Crippen MR) is 230 cm³/mol. The van der Waals surface area contributed by atoms with Crippen molar-refractivity contribution < 1.29 is 13.2 Å². The van der Waals surface area contributed by atoms with Crippen LogP contribution in [0.3, 0.4) is 0 Å². The van der Waals surface area contributed by atoms with Gasteiger partial charge in [-0.15, -0.1) is 0 Å². The maximum absolute atomic E-state index is 14.1. The van der Waals surface area contributed by atoms with Gasteiger partial charge >= 0.3 is 6.18 Å². The maximum atomic E-state index is 14.1. The zero-order valence-corrected chi connectivity index (χ0v) is 31.3. The second-order valence-electron chi connectivity index (χ2n) is 14.2. The van der Waals surface area contributed by atoms with E-state index in [1.807, 2.05) is 180 Å². The van der Waals surface area contributed by atoms with Crippen LogP contribution in [0.1, 0.15) is 5.56 Å². The van der Waals surface area contributed by atoms with Gasteiger partial charge in [-0.05, 0) is 54.6 Å². The molecule has 0 spiro atoms. The van der Waals surface area contributed by atoms with Crippen LogP contribution in [0.5, 0.6) is 0 Å². The third-order valence-corrected chi connectivity index (χ3v) is 10.5. The van der Waals surface area contributed by atoms with Gasteiger partial charge in [-0.25, -0.2) is 19.9 Å². The van der Waals surface area contributed by atoms with E-state index >= 15 is 0 Å². The molecule has 10 aromatic rings. The second kappa shape index (κ2) is 14.7. The van der Waals surface area contributed by atoms with Gasteiger partial charge in [-0.3, -0.25) is 0 Å². The average molecular weight is 772 g/mol. The number of alkyl halides is 3. The largest absolute Gasteiger partial charge is 0.416 e. The molecule has 0 saturated heterocycles. The SMILES string of the molecule is FC(F)(F)c1ccc2c(c1)c1ccccc1n2-c1ccc(-c2nc(-c3ccccc3)cc(-c3ccccc3)n2)cc1-c1cc(-c2ccccc2)nc(-c2ccccc2)n1. The summed E-state index contributed by atoms with van der Waals surface area (Å²) in [5.74, 6) is 1.04. The molecule has 3 heterocycles. The Kier molecular flexibility index (Phi) is 8.87. The molecule has 0 aliphatic carbocycles. The molecular weight excluding hydrogens is 740 g/mol. The Bertz CT molecular complexity index is 3010. The second-order valence-corrected chi connectivity index (χ2v) is 14.2. The van der Waals surface area contributed by atoms with E-state index in [-0.39, 0.29) is 0 Å². The monoisotopic (exact) mass is 771 g/mol. The fourth-order valence-corrected chi connectivity index (χ4v) is 7.63. The van der Waals surface area contributed by atoms with Crippen molar-refractivity contribution in [3.63, 3.8) is 0 Å². The highest BCUT2D eigenvalue weighted by atomic mass is 19.4. The molecule has 0 radical (unpaired) electrons. The lowest BCUT2D eigenvalue weighted by molar-refractivity contribution is -0.137. The Labute approximate surface area is 337 Å². The van der Waals surface area contributed by atoms with Crippen molar-refractivity contribution in [3.05, 3.63) is 200 Å². The van der Waals surface area contributed by atoms with Crippen LogP contribution in [0.4, 0.5) is 13.2 Å². The van der Waals surface area contributed by atoms with E-state index in [0.717, 1.165) is 67.7 Å². The first-order chi connectivity index (χ1) is 28.9. The minimum atomic E-state index is -4.50. The first-order valence-electron chi connectivity index (χ1n) is 19.1. The molecule has 0 atom stereocenters. The number of nitrogens with zero attached hydrogens (tertiary/aromatic N) is 5. The lowest BCUT2D eigenvalue weighted by Gasteiger charge is -2.17. The van der Waals surface area contributed by atoms with Crippen molar-refractivity contribution in [1.29, 1.82) is 0 Å². The molecule has 0 aliphatic rings. The third kappa shape index (κ3) is 6.80. The highest BCUT2D eigenvalue weighted by Crippen LogP contribution is 2.41. The Morgan fingerprint density at radius 2 is 0.814 bits per heavy atom. The summed E-state index contributed by atoms with van der Waals surface area (Å²) < 4.78 is 44.4. The lowest BCUT2D eigenvalue weighted by Crippen LogP contribution is -2.05. The number of para-hydroxylation sites is 1. The Hall–Kier alpha value is -7.71. The smallest absolute Gasteiger partial charge is 0.309 e. The van der Waals surface area contributed by atoms with E-state index in [4.69, 9.17) is 19.9 Å². The molecule has 0 fully saturated rings. The number of hydrogen-bond donors (Lipinski definition) is 0. The van der Waals surface area contributed by atoms with Crippen molar-refractivity contribution in [2.45, 2.75) is 6.18 Å². The highest BCUT2D eigenvalue weighted by Gasteiger charge is 2.31. The maximum Gasteiger partial charge on any atom is 0.416 e. The van der Waals surface area contributed by atoms with E-state index in [2.05, 4.69) is 0 Å². The standard InChI is InChI=1S/C51H32F3N5/c52-51(53,54)38-26-28-47-40(30-38)39-23-13-14-24-46(39)59(47)48-27-25-37(50-56-42(33-15-5-1-6-16-33)31-43(57-50)34-17-7-2-8-18-34)29-41(48)45-32-44(35-19-9-3-10-20-35)55-49(58-45)36-21-11-4-12-22-36/h1-32H. The van der Waals surface area contributed by atoms with Crippen LogP contribution in [0.25, 0.3) is 95.3 Å². The Balaban J connectivity index is 1.27. The van der Waals surface area contributed by atoms with Gasteiger partial charge in [0.2, 0.25) is 0 Å². The summed E-state index contributed by atoms with van der Waals surface area (Å²) in [5.41, 5.74) is 9.37. The van der Waals surface area contributed by atoms with Gasteiger partial charge in [0, 0.05) is 44.2 Å². The molecule has 7 aromatic carbocycles. The first-order valence-corrected chi connectivity index (χ1v) is 19.1. The van der Waals surface area contributed by atoms with Crippen LogP contribution < -0.4 is 0 Å². The van der Waals surface area contributed by atoms with Crippen molar-refractivity contribution >= 4 is 21.8 Å². The quantitative estimate of drug-likeness (QED) is 0.162. The fraction of sp³-hybridized carbons (Fsp3) is 0.0196. The number of fused-ring (bicyclic) bond motifs is 3. The van der Waals surface area contributed by atoms with E-state index in [1.54, 1.807) is 6.07 Å². The zero-order valence-electron chi connectivity index (χ0n) is 31.3. The Morgan fingerprint density at radius 3 is 1.37 bits per heavy atom. The summed E-state index contributed by atoms with van der Waals surface area (Å²) in [6, 6.07) is 61.2. The molecule has 0 bridgehead atoms. The van der Waals surface area contributed by atoms with Crippen LogP contribution in [-0.2, 0) is 6.18 Å². The van der Waals surface area contributed by atoms with Crippen molar-refractivity contribution in [2.75, 3.05) is 0 Å². The third-order valence-electron chi connectivity index (χ3n) is 10.5. The molecule has 59 heavy (non-hydrogen) atoms. The minimum absolute atomic E-state index is 0.495. The molecule has 5 nitrogen and oxygen atoms in total. The molecular formula is C51H32F3N5. The minimum Gasteiger partial charge on any atom is -0.309 e. The summed E-state index contributed by atoms with van der Waals surface area (Å²) in [7, 11) is 0. The molecule has 0 aliphatic heterocycles. The number of halogens is 3. The van der Waals surface area contributed by atoms with Gasteiger partial charge < -0.3 is 4.57 Å². The van der Waals surface area contributed by atoms with Crippen LogP contribution in [0, 0.1) is 0 Å². The van der Waals surface area contributed by atoms with Crippen molar-refractivity contribution in [1.82, 2.24) is 24.5 Å². The van der Waals surface area contributed by atoms with E-state index in [9.17, 15) is 13.2 Å². The number of benzene rings is 7. The zero-order chi connectivity index (χ0) is 39.9. The summed E-state index contributed by atoms with van der Waals surface area (Å²) in [5, 5.41) is 1.20. The van der Waals surface area contributed by atoms with Crippen molar-refractivity contribution in [2.24, 2.45) is 0 Å². The van der Waals surface area contributed by atoms with Crippen LogP contribution in [-0.4, -0.2) is 24.5 Å². The van der Waals surface area contributed by atoms with Gasteiger partial charge in [-0.2, -0.15) is 13.2 Å². The van der Waals surface area contributed by atoms with Gasteiger partial charge in [0.25, 0.3) is 0 Å². The molecule has 0 N–H and O–H groups in total. The molecule has 3 aromatic heterocycles. The molecule has 0 unspecified atom stereocenters. The molecule has 10 rings (SSSR count). The lowest BCUT2D eigenvalue weighted by atomic mass is 10.0. The van der Waals surface area contributed by atoms with E-state index in [0.29, 0.717) is 33.6 Å². The van der Waals surface area contributed by atoms with Gasteiger partial charge in [0.15, 0.2) is 11.6 Å². The van der Waals surface area contributed by atoms with Gasteiger partial charge in [0.1, 0.15) is 0 Å². The van der Waals surface area contributed by atoms with E-state index < -0.39 is 11.7 Å². The topological polar surface area (TPSA) is 56.5 Å². The molecule has 0 saturated carbocycles. The van der Waals surface area contributed by atoms with Gasteiger partial charge in [0.05, 0.1) is 45.1 Å². The summed E-state index contributed by atoms with van der Waals surface area (Å²) >= 11 is 0. The fourth-order valence-electron chi connectivity index (χ4n) is 7.63. The summed E-state index contributed by atoms with van der Waals surface area (Å²) in [4.78, 5) is 20.5. The normalized spacial score (nSPS) is 11.6. The van der Waals surface area contributed by atoms with E-state index in [1.165, 1.54) is 6.07 Å². The number of aromatic nitrogens is 5. The number of rotatable bonds is 7. The van der Waals surface area contributed by atoms with Crippen molar-refractivity contribution in [3.8, 4) is 73.5 Å². The first kappa shape index (κ1) is 35.7. The predicted octanol–water partition coefficient (Wildman–Crippen LogP) is 13.4. The Morgan fingerprint density at radius 1 is 0.356 bits per heavy atom.